The Balaban J connectivity index is 1.56. The highest BCUT2D eigenvalue weighted by atomic mass is 19.1. The number of nitrogens with zero attached hydrogens (tertiary/aromatic N) is 6. The standard InChI is InChI=1S/C22H12F2N8/c23-14-4-2-1-3-12(14)13-7-25-8-16-20(13)30-22(29-16)21-17-15(31-32-21)9-28-19(18(17)24)11-5-26-10-27-6-11/h1-10H,(H,29,30)(H,31,32). The largest absolute Gasteiger partial charge is 0.335 e. The smallest absolute Gasteiger partial charge is 0.161 e. The van der Waals surface area contributed by atoms with Gasteiger partial charge in [0, 0.05) is 35.3 Å². The van der Waals surface area contributed by atoms with Gasteiger partial charge in [-0.15, -0.1) is 0 Å². The van der Waals surface area contributed by atoms with E-state index < -0.39 is 5.82 Å². The van der Waals surface area contributed by atoms with Gasteiger partial charge >= 0.3 is 0 Å². The minimum atomic E-state index is -0.575. The summed E-state index contributed by atoms with van der Waals surface area (Å²) in [6, 6.07) is 6.39. The molecule has 0 saturated carbocycles. The van der Waals surface area contributed by atoms with Crippen LogP contribution in [0.5, 0.6) is 0 Å². The highest BCUT2D eigenvalue weighted by molar-refractivity contribution is 5.97. The Bertz CT molecular complexity index is 1610. The van der Waals surface area contributed by atoms with Crippen LogP contribution in [0, 0.1) is 11.6 Å². The molecule has 5 heterocycles. The number of benzene rings is 1. The third-order valence-electron chi connectivity index (χ3n) is 5.16. The van der Waals surface area contributed by atoms with E-state index in [1.54, 1.807) is 30.6 Å². The molecule has 0 unspecified atom stereocenters. The first-order valence-corrected chi connectivity index (χ1v) is 9.57. The molecule has 10 heteroatoms. The van der Waals surface area contributed by atoms with E-state index in [1.807, 2.05) is 0 Å². The summed E-state index contributed by atoms with van der Waals surface area (Å²) < 4.78 is 29.9. The molecule has 0 bridgehead atoms. The molecular weight excluding hydrogens is 414 g/mol. The van der Waals surface area contributed by atoms with Crippen LogP contribution in [0.2, 0.25) is 0 Å². The summed E-state index contributed by atoms with van der Waals surface area (Å²) in [5.41, 5.74) is 3.19. The first-order valence-electron chi connectivity index (χ1n) is 9.57. The zero-order valence-electron chi connectivity index (χ0n) is 16.2. The van der Waals surface area contributed by atoms with E-state index in [1.165, 1.54) is 31.0 Å². The van der Waals surface area contributed by atoms with Crippen LogP contribution in [0.1, 0.15) is 0 Å². The SMILES string of the molecule is Fc1ccccc1-c1cncc2[nH]c(-c3n[nH]c4cnc(-c5cncnc5)c(F)c34)nc12. The molecule has 0 aliphatic heterocycles. The summed E-state index contributed by atoms with van der Waals surface area (Å²) in [6.45, 7) is 0. The lowest BCUT2D eigenvalue weighted by molar-refractivity contribution is 0.631. The molecule has 8 nitrogen and oxygen atoms in total. The summed E-state index contributed by atoms with van der Waals surface area (Å²) in [5.74, 6) is -0.644. The Labute approximate surface area is 178 Å². The van der Waals surface area contributed by atoms with Crippen molar-refractivity contribution in [2.24, 2.45) is 0 Å². The summed E-state index contributed by atoms with van der Waals surface area (Å²) in [7, 11) is 0. The number of rotatable bonds is 3. The molecule has 0 aliphatic rings. The Morgan fingerprint density at radius 3 is 2.47 bits per heavy atom. The molecule has 6 aromatic rings. The van der Waals surface area contributed by atoms with Crippen molar-refractivity contribution in [2.45, 2.75) is 0 Å². The first kappa shape index (κ1) is 18.2. The summed E-state index contributed by atoms with van der Waals surface area (Å²) in [6.07, 6.45) is 8.95. The summed E-state index contributed by atoms with van der Waals surface area (Å²) in [4.78, 5) is 24.0. The highest BCUT2D eigenvalue weighted by Gasteiger charge is 2.21. The van der Waals surface area contributed by atoms with Gasteiger partial charge in [-0.3, -0.25) is 15.1 Å². The minimum absolute atomic E-state index is 0.102. The molecule has 32 heavy (non-hydrogen) atoms. The molecule has 0 fully saturated rings. The molecule has 0 atom stereocenters. The van der Waals surface area contributed by atoms with Crippen molar-refractivity contribution in [3.63, 3.8) is 0 Å². The molecule has 5 aromatic heterocycles. The lowest BCUT2D eigenvalue weighted by atomic mass is 10.1. The second kappa shape index (κ2) is 6.98. The number of H-pyrrole nitrogens is 2. The zero-order chi connectivity index (χ0) is 21.7. The van der Waals surface area contributed by atoms with Gasteiger partial charge in [0.2, 0.25) is 0 Å². The number of hydrogen-bond donors (Lipinski definition) is 2. The van der Waals surface area contributed by atoms with E-state index in [9.17, 15) is 4.39 Å². The van der Waals surface area contributed by atoms with E-state index in [0.29, 0.717) is 39.1 Å². The molecule has 1 aromatic carbocycles. The van der Waals surface area contributed by atoms with Crippen LogP contribution >= 0.6 is 0 Å². The number of aromatic nitrogens is 8. The maximum absolute atomic E-state index is 15.5. The van der Waals surface area contributed by atoms with Gasteiger partial charge in [-0.2, -0.15) is 5.10 Å². The molecule has 0 radical (unpaired) electrons. The molecule has 0 spiro atoms. The monoisotopic (exact) mass is 426 g/mol. The van der Waals surface area contributed by atoms with Gasteiger partial charge < -0.3 is 4.98 Å². The molecular formula is C22H12F2N8. The Morgan fingerprint density at radius 2 is 1.62 bits per heavy atom. The molecule has 0 aliphatic carbocycles. The Kier molecular flexibility index (Phi) is 3.97. The number of hydrogen-bond acceptors (Lipinski definition) is 6. The van der Waals surface area contributed by atoms with Gasteiger partial charge in [-0.1, -0.05) is 18.2 Å². The quantitative estimate of drug-likeness (QED) is 0.437. The maximum Gasteiger partial charge on any atom is 0.161 e. The number of fused-ring (bicyclic) bond motifs is 2. The van der Waals surface area contributed by atoms with E-state index in [0.717, 1.165) is 0 Å². The third kappa shape index (κ3) is 2.73. The maximum atomic E-state index is 15.5. The Hall–Kier alpha value is -4.60. The highest BCUT2D eigenvalue weighted by Crippen LogP contribution is 2.34. The summed E-state index contributed by atoms with van der Waals surface area (Å²) >= 11 is 0. The fourth-order valence-corrected chi connectivity index (χ4v) is 3.69. The Morgan fingerprint density at radius 1 is 0.781 bits per heavy atom. The number of imidazole rings is 1. The number of nitrogens with one attached hydrogen (secondary N) is 2. The van der Waals surface area contributed by atoms with Gasteiger partial charge in [0.15, 0.2) is 11.6 Å². The average molecular weight is 426 g/mol. The van der Waals surface area contributed by atoms with Crippen LogP contribution in [0.25, 0.3) is 55.8 Å². The topological polar surface area (TPSA) is 109 Å². The van der Waals surface area contributed by atoms with Gasteiger partial charge in [-0.25, -0.2) is 23.7 Å². The third-order valence-corrected chi connectivity index (χ3v) is 5.16. The van der Waals surface area contributed by atoms with Crippen LogP contribution < -0.4 is 0 Å². The zero-order valence-corrected chi connectivity index (χ0v) is 16.2. The lowest BCUT2D eigenvalue weighted by Crippen LogP contribution is -1.93. The van der Waals surface area contributed by atoms with Crippen molar-refractivity contribution in [2.75, 3.05) is 0 Å². The predicted molar refractivity (Wildman–Crippen MR) is 113 cm³/mol. The predicted octanol–water partition coefficient (Wildman–Crippen LogP) is 4.30. The fraction of sp³-hybridized carbons (Fsp3) is 0. The van der Waals surface area contributed by atoms with Gasteiger partial charge in [-0.05, 0) is 6.07 Å². The second-order valence-electron chi connectivity index (χ2n) is 7.06. The molecule has 6 rings (SSSR count). The number of aromatic amines is 2. The average Bonchev–Trinajstić information content (AvgIpc) is 3.45. The van der Waals surface area contributed by atoms with Crippen molar-refractivity contribution in [3.05, 3.63) is 73.2 Å². The van der Waals surface area contributed by atoms with Crippen molar-refractivity contribution >= 4 is 21.9 Å². The summed E-state index contributed by atoms with van der Waals surface area (Å²) in [5, 5.41) is 7.26. The van der Waals surface area contributed by atoms with Gasteiger partial charge in [0.05, 0.1) is 28.8 Å². The van der Waals surface area contributed by atoms with Crippen molar-refractivity contribution < 1.29 is 8.78 Å². The van der Waals surface area contributed by atoms with Crippen LogP contribution in [0.4, 0.5) is 8.78 Å². The van der Waals surface area contributed by atoms with Crippen molar-refractivity contribution in [1.82, 2.24) is 40.1 Å². The molecule has 2 N–H and O–H groups in total. The van der Waals surface area contributed by atoms with E-state index in [-0.39, 0.29) is 22.6 Å². The van der Waals surface area contributed by atoms with E-state index in [4.69, 9.17) is 0 Å². The molecule has 154 valence electrons. The number of halogens is 2. The van der Waals surface area contributed by atoms with Crippen LogP contribution in [0.15, 0.2) is 61.6 Å². The van der Waals surface area contributed by atoms with Crippen LogP contribution in [-0.4, -0.2) is 40.1 Å². The van der Waals surface area contributed by atoms with Gasteiger partial charge in [0.25, 0.3) is 0 Å². The molecule has 0 amide bonds. The van der Waals surface area contributed by atoms with Crippen LogP contribution in [0.3, 0.4) is 0 Å². The normalized spacial score (nSPS) is 11.4. The van der Waals surface area contributed by atoms with Crippen LogP contribution in [-0.2, 0) is 0 Å². The second-order valence-corrected chi connectivity index (χ2v) is 7.06. The minimum Gasteiger partial charge on any atom is -0.335 e. The van der Waals surface area contributed by atoms with E-state index >= 15 is 4.39 Å². The van der Waals surface area contributed by atoms with Crippen molar-refractivity contribution in [1.29, 1.82) is 0 Å². The van der Waals surface area contributed by atoms with Crippen molar-refractivity contribution in [3.8, 4) is 33.9 Å². The lowest BCUT2D eigenvalue weighted by Gasteiger charge is -2.03. The van der Waals surface area contributed by atoms with Gasteiger partial charge in [0.1, 0.15) is 29.0 Å². The fourth-order valence-electron chi connectivity index (χ4n) is 3.69. The number of pyridine rings is 2. The van der Waals surface area contributed by atoms with E-state index in [2.05, 4.69) is 40.1 Å². The molecule has 0 saturated heterocycles. The first-order chi connectivity index (χ1) is 15.7.